The van der Waals surface area contributed by atoms with Crippen LogP contribution in [0.1, 0.15) is 18.9 Å². The van der Waals surface area contributed by atoms with Crippen LogP contribution in [0.4, 0.5) is 18.3 Å². The Morgan fingerprint density at radius 3 is 2.33 bits per heavy atom. The van der Waals surface area contributed by atoms with Gasteiger partial charge in [-0.2, -0.15) is 13.2 Å². The highest BCUT2D eigenvalue weighted by molar-refractivity contribution is 7.15. The van der Waals surface area contributed by atoms with E-state index in [0.29, 0.717) is 11.3 Å². The van der Waals surface area contributed by atoms with Gasteiger partial charge in [0.1, 0.15) is 0 Å². The molecule has 1 heterocycles. The van der Waals surface area contributed by atoms with Crippen molar-refractivity contribution in [1.29, 1.82) is 0 Å². The summed E-state index contributed by atoms with van der Waals surface area (Å²) in [6.45, 7) is 3.82. The molecule has 0 unspecified atom stereocenters. The van der Waals surface area contributed by atoms with E-state index in [0.717, 1.165) is 0 Å². The van der Waals surface area contributed by atoms with Crippen LogP contribution in [0.5, 0.6) is 0 Å². The fraction of sp³-hybridized carbons (Fsp3) is 0.714. The highest BCUT2D eigenvalue weighted by Crippen LogP contribution is 2.33. The molecule has 0 spiro atoms. The summed E-state index contributed by atoms with van der Waals surface area (Å²) in [7, 11) is 0. The van der Waals surface area contributed by atoms with E-state index in [1.165, 1.54) is 0 Å². The molecule has 1 aromatic rings. The first kappa shape index (κ1) is 12.2. The third kappa shape index (κ3) is 3.31. The van der Waals surface area contributed by atoms with Crippen LogP contribution in [0.25, 0.3) is 0 Å². The van der Waals surface area contributed by atoms with Gasteiger partial charge >= 0.3 is 6.18 Å². The number of hydrogen-bond acceptors (Lipinski definition) is 5. The Morgan fingerprint density at radius 1 is 1.33 bits per heavy atom. The average Bonchev–Trinajstić information content (AvgIpc) is 2.51. The van der Waals surface area contributed by atoms with E-state index < -0.39 is 16.7 Å². The van der Waals surface area contributed by atoms with E-state index in [4.69, 9.17) is 5.73 Å². The Hall–Kier alpha value is -0.890. The summed E-state index contributed by atoms with van der Waals surface area (Å²) in [5.74, 6) is 0. The van der Waals surface area contributed by atoms with E-state index in [-0.39, 0.29) is 11.7 Å². The molecule has 4 nitrogen and oxygen atoms in total. The van der Waals surface area contributed by atoms with Crippen LogP contribution in [0, 0.1) is 0 Å². The summed E-state index contributed by atoms with van der Waals surface area (Å²) in [4.78, 5) is 0. The van der Waals surface area contributed by atoms with Crippen molar-refractivity contribution < 1.29 is 13.2 Å². The van der Waals surface area contributed by atoms with Crippen molar-refractivity contribution in [2.45, 2.75) is 25.6 Å². The van der Waals surface area contributed by atoms with E-state index in [2.05, 4.69) is 15.5 Å². The normalized spacial score (nSPS) is 12.9. The van der Waals surface area contributed by atoms with Crippen LogP contribution >= 0.6 is 11.3 Å². The van der Waals surface area contributed by atoms with Crippen molar-refractivity contribution in [3.8, 4) is 0 Å². The molecular weight excluding hydrogens is 229 g/mol. The maximum absolute atomic E-state index is 12.2. The van der Waals surface area contributed by atoms with Crippen LogP contribution < -0.4 is 11.1 Å². The molecule has 1 rings (SSSR count). The molecule has 15 heavy (non-hydrogen) atoms. The number of halogens is 3. The van der Waals surface area contributed by atoms with Gasteiger partial charge in [0.15, 0.2) is 0 Å². The first-order valence-corrected chi connectivity index (χ1v) is 4.95. The lowest BCUT2D eigenvalue weighted by atomic mass is 10.1. The SMILES string of the molecule is CC(C)(CN)Nc1nnc(C(F)(F)F)s1. The summed E-state index contributed by atoms with van der Waals surface area (Å²) in [6, 6.07) is 0. The molecule has 0 saturated heterocycles. The number of nitrogens with zero attached hydrogens (tertiary/aromatic N) is 2. The number of alkyl halides is 3. The molecule has 0 amide bonds. The quantitative estimate of drug-likeness (QED) is 0.844. The molecule has 1 aromatic heterocycles. The van der Waals surface area contributed by atoms with Crippen molar-refractivity contribution in [3.63, 3.8) is 0 Å². The van der Waals surface area contributed by atoms with Crippen LogP contribution in [0.15, 0.2) is 0 Å². The summed E-state index contributed by atoms with van der Waals surface area (Å²) < 4.78 is 36.5. The maximum Gasteiger partial charge on any atom is 0.445 e. The lowest BCUT2D eigenvalue weighted by Crippen LogP contribution is -2.39. The van der Waals surface area contributed by atoms with Gasteiger partial charge in [0.2, 0.25) is 10.1 Å². The second kappa shape index (κ2) is 3.93. The molecule has 0 fully saturated rings. The summed E-state index contributed by atoms with van der Waals surface area (Å²) >= 11 is 0.468. The Kier molecular flexibility index (Phi) is 3.19. The highest BCUT2D eigenvalue weighted by Gasteiger charge is 2.36. The molecule has 0 aliphatic rings. The van der Waals surface area contributed by atoms with Gasteiger partial charge in [-0.25, -0.2) is 0 Å². The summed E-state index contributed by atoms with van der Waals surface area (Å²) in [6.07, 6.45) is -4.44. The number of hydrogen-bond donors (Lipinski definition) is 2. The monoisotopic (exact) mass is 240 g/mol. The minimum atomic E-state index is -4.44. The molecule has 0 aliphatic carbocycles. The smallest absolute Gasteiger partial charge is 0.354 e. The fourth-order valence-electron chi connectivity index (χ4n) is 0.729. The molecule has 0 radical (unpaired) electrons. The molecule has 0 aliphatic heterocycles. The summed E-state index contributed by atoms with van der Waals surface area (Å²) in [5.41, 5.74) is 4.92. The van der Waals surface area contributed by atoms with Crippen LogP contribution in [-0.4, -0.2) is 22.3 Å². The summed E-state index contributed by atoms with van der Waals surface area (Å²) in [5, 5.41) is 8.39. The van der Waals surface area contributed by atoms with Crippen molar-refractivity contribution >= 4 is 16.5 Å². The lowest BCUT2D eigenvalue weighted by Gasteiger charge is -2.22. The molecule has 86 valence electrons. The molecule has 0 saturated carbocycles. The first-order valence-electron chi connectivity index (χ1n) is 4.13. The van der Waals surface area contributed by atoms with Gasteiger partial charge in [-0.3, -0.25) is 0 Å². The standard InChI is InChI=1S/C7H11F3N4S/c1-6(2,3-11)12-5-14-13-4(15-5)7(8,9)10/h3,11H2,1-2H3,(H,12,14). The molecular formula is C7H11F3N4S. The fourth-order valence-corrected chi connectivity index (χ4v) is 1.52. The van der Waals surface area contributed by atoms with Crippen LogP contribution in [0.3, 0.4) is 0 Å². The minimum absolute atomic E-state index is 0.123. The lowest BCUT2D eigenvalue weighted by molar-refractivity contribution is -0.138. The number of rotatable bonds is 3. The molecule has 0 atom stereocenters. The van der Waals surface area contributed by atoms with Gasteiger partial charge in [0.05, 0.1) is 0 Å². The van der Waals surface area contributed by atoms with Crippen molar-refractivity contribution in [2.75, 3.05) is 11.9 Å². The Labute approximate surface area is 88.7 Å². The van der Waals surface area contributed by atoms with Crippen LogP contribution in [-0.2, 0) is 6.18 Å². The third-order valence-corrected chi connectivity index (χ3v) is 2.51. The van der Waals surface area contributed by atoms with Crippen molar-refractivity contribution in [3.05, 3.63) is 5.01 Å². The van der Waals surface area contributed by atoms with Gasteiger partial charge in [0, 0.05) is 12.1 Å². The average molecular weight is 240 g/mol. The Balaban J connectivity index is 2.78. The maximum atomic E-state index is 12.2. The van der Waals surface area contributed by atoms with E-state index in [1.807, 2.05) is 0 Å². The van der Waals surface area contributed by atoms with Gasteiger partial charge in [-0.1, -0.05) is 11.3 Å². The highest BCUT2D eigenvalue weighted by atomic mass is 32.1. The van der Waals surface area contributed by atoms with Gasteiger partial charge < -0.3 is 11.1 Å². The van der Waals surface area contributed by atoms with E-state index in [9.17, 15) is 13.2 Å². The van der Waals surface area contributed by atoms with Gasteiger partial charge in [-0.15, -0.1) is 10.2 Å². The predicted molar refractivity (Wildman–Crippen MR) is 51.7 cm³/mol. The Morgan fingerprint density at radius 2 is 1.93 bits per heavy atom. The zero-order chi connectivity index (χ0) is 11.7. The number of nitrogens with two attached hydrogens (primary N) is 1. The molecule has 0 bridgehead atoms. The van der Waals surface area contributed by atoms with Crippen molar-refractivity contribution in [1.82, 2.24) is 10.2 Å². The molecule has 8 heteroatoms. The second-order valence-corrected chi connectivity index (χ2v) is 4.60. The van der Waals surface area contributed by atoms with Gasteiger partial charge in [-0.05, 0) is 13.8 Å². The molecule has 0 aromatic carbocycles. The van der Waals surface area contributed by atoms with E-state index in [1.54, 1.807) is 13.8 Å². The predicted octanol–water partition coefficient (Wildman–Crippen LogP) is 1.71. The Bertz CT molecular complexity index is 333. The largest absolute Gasteiger partial charge is 0.445 e. The first-order chi connectivity index (χ1) is 6.74. The zero-order valence-corrected chi connectivity index (χ0v) is 9.04. The minimum Gasteiger partial charge on any atom is -0.354 e. The number of aromatic nitrogens is 2. The van der Waals surface area contributed by atoms with Crippen molar-refractivity contribution in [2.24, 2.45) is 5.73 Å². The number of anilines is 1. The zero-order valence-electron chi connectivity index (χ0n) is 8.22. The topological polar surface area (TPSA) is 63.8 Å². The third-order valence-electron chi connectivity index (χ3n) is 1.62. The van der Waals surface area contributed by atoms with E-state index >= 15 is 0 Å². The molecule has 3 N–H and O–H groups in total. The number of nitrogens with one attached hydrogen (secondary N) is 1. The second-order valence-electron chi connectivity index (χ2n) is 3.62. The van der Waals surface area contributed by atoms with Gasteiger partial charge in [0.25, 0.3) is 0 Å². The van der Waals surface area contributed by atoms with Crippen LogP contribution in [0.2, 0.25) is 0 Å².